The molecule has 2 aromatic rings. The van der Waals surface area contributed by atoms with Gasteiger partial charge in [0.15, 0.2) is 0 Å². The third-order valence-corrected chi connectivity index (χ3v) is 6.32. The zero-order valence-electron chi connectivity index (χ0n) is 16.7. The number of benzene rings is 2. The molecule has 1 atom stereocenters. The molecule has 1 heterocycles. The summed E-state index contributed by atoms with van der Waals surface area (Å²) in [4.78, 5) is 0. The highest BCUT2D eigenvalue weighted by molar-refractivity contribution is 5.37. The van der Waals surface area contributed by atoms with E-state index in [1.54, 1.807) is 0 Å². The van der Waals surface area contributed by atoms with Gasteiger partial charge in [-0.05, 0) is 79.8 Å². The predicted octanol–water partition coefficient (Wildman–Crippen LogP) is 6.87. The number of aryl methyl sites for hydroxylation is 1. The first-order valence-corrected chi connectivity index (χ1v) is 10.0. The molecule has 0 spiro atoms. The summed E-state index contributed by atoms with van der Waals surface area (Å²) < 4.78 is 12.6. The first-order chi connectivity index (χ1) is 12.5. The van der Waals surface area contributed by atoms with Crippen LogP contribution in [0, 0.1) is 5.41 Å². The molecule has 2 nitrogen and oxygen atoms in total. The van der Waals surface area contributed by atoms with Gasteiger partial charge in [-0.15, -0.1) is 0 Å². The van der Waals surface area contributed by atoms with Crippen LogP contribution in [-0.4, -0.2) is 6.61 Å². The van der Waals surface area contributed by atoms with E-state index in [1.165, 1.54) is 30.4 Å². The van der Waals surface area contributed by atoms with Gasteiger partial charge in [-0.25, -0.2) is 0 Å². The summed E-state index contributed by atoms with van der Waals surface area (Å²) in [6.45, 7) is 9.80. The maximum absolute atomic E-state index is 6.44. The van der Waals surface area contributed by atoms with E-state index in [0.29, 0.717) is 5.41 Å². The molecule has 0 amide bonds. The van der Waals surface area contributed by atoms with Crippen molar-refractivity contribution >= 4 is 0 Å². The van der Waals surface area contributed by atoms with Crippen LogP contribution in [0.4, 0.5) is 0 Å². The highest BCUT2D eigenvalue weighted by atomic mass is 16.5. The smallest absolute Gasteiger partial charge is 0.127 e. The Labute approximate surface area is 158 Å². The molecule has 1 aliphatic rings. The van der Waals surface area contributed by atoms with Crippen LogP contribution in [-0.2, 0) is 16.8 Å². The number of ether oxygens (including phenoxy) is 2. The molecule has 26 heavy (non-hydrogen) atoms. The highest BCUT2D eigenvalue weighted by Gasteiger charge is 2.40. The molecule has 0 saturated carbocycles. The van der Waals surface area contributed by atoms with Gasteiger partial charge in [-0.1, -0.05) is 45.0 Å². The summed E-state index contributed by atoms with van der Waals surface area (Å²) in [5.41, 5.74) is 2.63. The number of hydrogen-bond acceptors (Lipinski definition) is 2. The maximum Gasteiger partial charge on any atom is 0.127 e. The second-order valence-electron chi connectivity index (χ2n) is 7.86. The minimum absolute atomic E-state index is 0.224. The van der Waals surface area contributed by atoms with Crippen LogP contribution >= 0.6 is 0 Å². The van der Waals surface area contributed by atoms with Crippen molar-refractivity contribution in [2.45, 2.75) is 65.4 Å². The zero-order valence-corrected chi connectivity index (χ0v) is 16.7. The summed E-state index contributed by atoms with van der Waals surface area (Å²) in [5.74, 6) is 1.77. The van der Waals surface area contributed by atoms with Crippen molar-refractivity contribution in [2.75, 3.05) is 6.61 Å². The Hall–Kier alpha value is -1.80. The van der Waals surface area contributed by atoms with E-state index in [0.717, 1.165) is 30.9 Å². The molecule has 0 aromatic heterocycles. The van der Waals surface area contributed by atoms with Gasteiger partial charge < -0.3 is 9.47 Å². The van der Waals surface area contributed by atoms with Gasteiger partial charge in [-0.2, -0.15) is 0 Å². The van der Waals surface area contributed by atoms with Gasteiger partial charge in [0.25, 0.3) is 0 Å². The molecule has 140 valence electrons. The molecule has 1 unspecified atom stereocenters. The number of rotatable bonds is 6. The third-order valence-electron chi connectivity index (χ3n) is 6.32. The Kier molecular flexibility index (Phi) is 5.72. The van der Waals surface area contributed by atoms with E-state index in [9.17, 15) is 0 Å². The van der Waals surface area contributed by atoms with Crippen LogP contribution in [0.25, 0.3) is 0 Å². The standard InChI is InChI=1S/C24H32O2/c1-5-19-10-8-12-21(16-19)26-22-13-9-11-20(17-22)23(4)14-15-24(6-2,7-3)18-25-23/h8-13,16-17H,5-7,14-15,18H2,1-4H3. The van der Waals surface area contributed by atoms with Crippen LogP contribution in [0.5, 0.6) is 11.5 Å². The summed E-state index contributed by atoms with van der Waals surface area (Å²) in [5, 5.41) is 0. The fourth-order valence-corrected chi connectivity index (χ4v) is 3.85. The minimum Gasteiger partial charge on any atom is -0.457 e. The van der Waals surface area contributed by atoms with Crippen molar-refractivity contribution in [2.24, 2.45) is 5.41 Å². The zero-order chi connectivity index (χ0) is 18.6. The first-order valence-electron chi connectivity index (χ1n) is 10.0. The van der Waals surface area contributed by atoms with Gasteiger partial charge in [0.2, 0.25) is 0 Å². The fourth-order valence-electron chi connectivity index (χ4n) is 3.85. The van der Waals surface area contributed by atoms with Crippen LogP contribution < -0.4 is 4.74 Å². The monoisotopic (exact) mass is 352 g/mol. The second kappa shape index (κ2) is 7.84. The van der Waals surface area contributed by atoms with Gasteiger partial charge in [0.1, 0.15) is 11.5 Å². The molecule has 0 bridgehead atoms. The summed E-state index contributed by atoms with van der Waals surface area (Å²) in [6.07, 6.45) is 5.68. The minimum atomic E-state index is -0.224. The molecule has 0 aliphatic carbocycles. The Morgan fingerprint density at radius 1 is 0.923 bits per heavy atom. The van der Waals surface area contributed by atoms with Crippen LogP contribution in [0.15, 0.2) is 48.5 Å². The normalized spacial score (nSPS) is 22.2. The summed E-state index contributed by atoms with van der Waals surface area (Å²) in [7, 11) is 0. The topological polar surface area (TPSA) is 18.5 Å². The van der Waals surface area contributed by atoms with Crippen molar-refractivity contribution in [1.29, 1.82) is 0 Å². The molecule has 1 saturated heterocycles. The van der Waals surface area contributed by atoms with Gasteiger partial charge in [0, 0.05) is 0 Å². The van der Waals surface area contributed by atoms with E-state index < -0.39 is 0 Å². The lowest BCUT2D eigenvalue weighted by Crippen LogP contribution is -2.40. The van der Waals surface area contributed by atoms with Gasteiger partial charge in [-0.3, -0.25) is 0 Å². The van der Waals surface area contributed by atoms with Gasteiger partial charge >= 0.3 is 0 Å². The highest BCUT2D eigenvalue weighted by Crippen LogP contribution is 2.45. The van der Waals surface area contributed by atoms with E-state index in [4.69, 9.17) is 9.47 Å². The van der Waals surface area contributed by atoms with E-state index in [2.05, 4.69) is 64.1 Å². The lowest BCUT2D eigenvalue weighted by Gasteiger charge is -2.44. The lowest BCUT2D eigenvalue weighted by atomic mass is 9.73. The van der Waals surface area contributed by atoms with E-state index in [1.807, 2.05) is 12.1 Å². The molecule has 2 heteroatoms. The second-order valence-corrected chi connectivity index (χ2v) is 7.86. The van der Waals surface area contributed by atoms with Crippen molar-refractivity contribution in [3.63, 3.8) is 0 Å². The van der Waals surface area contributed by atoms with Crippen LogP contribution in [0.3, 0.4) is 0 Å². The average molecular weight is 353 g/mol. The van der Waals surface area contributed by atoms with Crippen molar-refractivity contribution in [1.82, 2.24) is 0 Å². The summed E-state index contributed by atoms with van der Waals surface area (Å²) in [6, 6.07) is 16.7. The molecular weight excluding hydrogens is 320 g/mol. The SMILES string of the molecule is CCc1cccc(Oc2cccc(C3(C)CCC(CC)(CC)CO3)c2)c1. The van der Waals surface area contributed by atoms with Crippen molar-refractivity contribution in [3.8, 4) is 11.5 Å². The van der Waals surface area contributed by atoms with Crippen molar-refractivity contribution < 1.29 is 9.47 Å². The quantitative estimate of drug-likeness (QED) is 0.564. The Morgan fingerprint density at radius 2 is 1.62 bits per heavy atom. The number of hydrogen-bond donors (Lipinski definition) is 0. The third kappa shape index (κ3) is 3.96. The maximum atomic E-state index is 6.44. The Bertz CT molecular complexity index is 720. The lowest BCUT2D eigenvalue weighted by molar-refractivity contribution is -0.131. The van der Waals surface area contributed by atoms with Crippen molar-refractivity contribution in [3.05, 3.63) is 59.7 Å². The molecule has 3 rings (SSSR count). The molecule has 1 fully saturated rings. The van der Waals surface area contributed by atoms with E-state index in [-0.39, 0.29) is 5.60 Å². The van der Waals surface area contributed by atoms with E-state index >= 15 is 0 Å². The predicted molar refractivity (Wildman–Crippen MR) is 108 cm³/mol. The Morgan fingerprint density at radius 3 is 2.23 bits per heavy atom. The Balaban J connectivity index is 1.77. The fraction of sp³-hybridized carbons (Fsp3) is 0.500. The molecule has 1 aliphatic heterocycles. The average Bonchev–Trinajstić information content (AvgIpc) is 2.69. The van der Waals surface area contributed by atoms with Crippen LogP contribution in [0.1, 0.15) is 64.5 Å². The molecule has 0 radical (unpaired) electrons. The molecule has 0 N–H and O–H groups in total. The van der Waals surface area contributed by atoms with Crippen LogP contribution in [0.2, 0.25) is 0 Å². The molecule has 2 aromatic carbocycles. The van der Waals surface area contributed by atoms with Gasteiger partial charge in [0.05, 0.1) is 12.2 Å². The molecular formula is C24H32O2. The summed E-state index contributed by atoms with van der Waals surface area (Å²) >= 11 is 0. The largest absolute Gasteiger partial charge is 0.457 e. The first kappa shape index (κ1) is 19.0.